The van der Waals surface area contributed by atoms with E-state index in [1.165, 1.54) is 32.4 Å². The summed E-state index contributed by atoms with van der Waals surface area (Å²) in [5.74, 6) is 1.53. The van der Waals surface area contributed by atoms with E-state index in [1.807, 2.05) is 0 Å². The van der Waals surface area contributed by atoms with Crippen molar-refractivity contribution < 1.29 is 0 Å². The molecule has 0 bridgehead atoms. The molecule has 2 atom stereocenters. The number of hydrogen-bond donors (Lipinski definition) is 1. The summed E-state index contributed by atoms with van der Waals surface area (Å²) in [6.07, 6.45) is 3.77. The Hall–Kier alpha value is -0.120. The van der Waals surface area contributed by atoms with Crippen LogP contribution >= 0.6 is 0 Å². The number of nitrogens with zero attached hydrogens (tertiary/aromatic N) is 2. The zero-order valence-corrected chi connectivity index (χ0v) is 14.7. The van der Waals surface area contributed by atoms with Crippen LogP contribution in [0.15, 0.2) is 0 Å². The molecule has 120 valence electrons. The summed E-state index contributed by atoms with van der Waals surface area (Å²) in [4.78, 5) is 5.19. The van der Waals surface area contributed by atoms with E-state index >= 15 is 0 Å². The standard InChI is InChI=1S/C17H37N3/c1-14(2)7-9-20(10-8-15(3)4)17(12-18)11-16(5)19(6)13-17/h14-16H,7-13,18H2,1-6H3. The second kappa shape index (κ2) is 7.77. The molecule has 0 radical (unpaired) electrons. The normalized spacial score (nSPS) is 28.2. The molecule has 1 rings (SSSR count). The fourth-order valence-electron chi connectivity index (χ4n) is 3.31. The number of rotatable bonds is 8. The highest BCUT2D eigenvalue weighted by Crippen LogP contribution is 2.31. The zero-order chi connectivity index (χ0) is 15.3. The van der Waals surface area contributed by atoms with Gasteiger partial charge in [-0.2, -0.15) is 0 Å². The van der Waals surface area contributed by atoms with Crippen LogP contribution in [0, 0.1) is 11.8 Å². The van der Waals surface area contributed by atoms with Gasteiger partial charge in [0.1, 0.15) is 0 Å². The molecule has 0 aliphatic carbocycles. The Bertz CT molecular complexity index is 253. The number of nitrogens with two attached hydrogens (primary N) is 1. The first-order valence-electron chi connectivity index (χ1n) is 8.46. The van der Waals surface area contributed by atoms with Gasteiger partial charge in [0, 0.05) is 24.7 Å². The summed E-state index contributed by atoms with van der Waals surface area (Å²) in [6, 6.07) is 0.652. The van der Waals surface area contributed by atoms with E-state index in [2.05, 4.69) is 51.5 Å². The highest BCUT2D eigenvalue weighted by Gasteiger charge is 2.43. The molecule has 0 saturated carbocycles. The monoisotopic (exact) mass is 283 g/mol. The van der Waals surface area contributed by atoms with E-state index in [0.29, 0.717) is 6.04 Å². The molecule has 1 aliphatic rings. The van der Waals surface area contributed by atoms with Gasteiger partial charge in [0.2, 0.25) is 0 Å². The summed E-state index contributed by atoms with van der Waals surface area (Å²) in [5, 5.41) is 0. The minimum absolute atomic E-state index is 0.206. The molecule has 1 fully saturated rings. The quantitative estimate of drug-likeness (QED) is 0.743. The molecule has 3 heteroatoms. The smallest absolute Gasteiger partial charge is 0.0473 e. The van der Waals surface area contributed by atoms with Gasteiger partial charge in [-0.25, -0.2) is 0 Å². The van der Waals surface area contributed by atoms with E-state index in [0.717, 1.165) is 24.9 Å². The average Bonchev–Trinajstić information content (AvgIpc) is 2.65. The predicted molar refractivity (Wildman–Crippen MR) is 89.0 cm³/mol. The SMILES string of the molecule is CC(C)CCN(CCC(C)C)C1(CN)CC(C)N(C)C1. The first-order chi connectivity index (χ1) is 9.30. The Morgan fingerprint density at radius 2 is 1.65 bits per heavy atom. The summed E-state index contributed by atoms with van der Waals surface area (Å²) in [7, 11) is 2.24. The minimum atomic E-state index is 0.206. The van der Waals surface area contributed by atoms with E-state index < -0.39 is 0 Å². The van der Waals surface area contributed by atoms with E-state index in [4.69, 9.17) is 5.73 Å². The molecule has 1 aliphatic heterocycles. The molecule has 0 amide bonds. The van der Waals surface area contributed by atoms with Gasteiger partial charge in [-0.05, 0) is 58.2 Å². The summed E-state index contributed by atoms with van der Waals surface area (Å²) in [6.45, 7) is 15.9. The lowest BCUT2D eigenvalue weighted by Crippen LogP contribution is -2.56. The predicted octanol–water partition coefficient (Wildman–Crippen LogP) is 2.80. The van der Waals surface area contributed by atoms with Gasteiger partial charge in [0.05, 0.1) is 0 Å². The van der Waals surface area contributed by atoms with Gasteiger partial charge in [0.25, 0.3) is 0 Å². The van der Waals surface area contributed by atoms with Crippen molar-refractivity contribution in [2.24, 2.45) is 17.6 Å². The Labute approximate surface area is 126 Å². The van der Waals surface area contributed by atoms with Gasteiger partial charge in [-0.15, -0.1) is 0 Å². The van der Waals surface area contributed by atoms with Crippen molar-refractivity contribution in [1.82, 2.24) is 9.80 Å². The van der Waals surface area contributed by atoms with Crippen LogP contribution in [0.25, 0.3) is 0 Å². The molecule has 3 nitrogen and oxygen atoms in total. The molecular weight excluding hydrogens is 246 g/mol. The van der Waals surface area contributed by atoms with Crippen molar-refractivity contribution in [2.45, 2.75) is 65.5 Å². The third-order valence-corrected chi connectivity index (χ3v) is 4.98. The number of hydrogen-bond acceptors (Lipinski definition) is 3. The van der Waals surface area contributed by atoms with Crippen LogP contribution in [0.4, 0.5) is 0 Å². The van der Waals surface area contributed by atoms with Crippen LogP contribution < -0.4 is 5.73 Å². The average molecular weight is 284 g/mol. The van der Waals surface area contributed by atoms with Crippen LogP contribution in [-0.2, 0) is 0 Å². The Balaban J connectivity index is 2.77. The second-order valence-corrected chi connectivity index (χ2v) is 7.75. The summed E-state index contributed by atoms with van der Waals surface area (Å²) < 4.78 is 0. The Morgan fingerprint density at radius 3 is 1.95 bits per heavy atom. The number of likely N-dealkylation sites (tertiary alicyclic amines) is 1. The van der Waals surface area contributed by atoms with Gasteiger partial charge in [0.15, 0.2) is 0 Å². The van der Waals surface area contributed by atoms with E-state index in [-0.39, 0.29) is 5.54 Å². The van der Waals surface area contributed by atoms with Crippen LogP contribution in [0.1, 0.15) is 53.9 Å². The molecular formula is C17H37N3. The van der Waals surface area contributed by atoms with Gasteiger partial charge in [-0.1, -0.05) is 27.7 Å². The fourth-order valence-corrected chi connectivity index (χ4v) is 3.31. The first kappa shape index (κ1) is 17.9. The van der Waals surface area contributed by atoms with Crippen LogP contribution in [-0.4, -0.2) is 54.6 Å². The van der Waals surface area contributed by atoms with Crippen molar-refractivity contribution in [3.8, 4) is 0 Å². The van der Waals surface area contributed by atoms with Gasteiger partial charge >= 0.3 is 0 Å². The first-order valence-corrected chi connectivity index (χ1v) is 8.46. The Kier molecular flexibility index (Phi) is 6.96. The third kappa shape index (κ3) is 4.71. The fraction of sp³-hybridized carbons (Fsp3) is 1.00. The van der Waals surface area contributed by atoms with Crippen molar-refractivity contribution in [2.75, 3.05) is 33.2 Å². The second-order valence-electron chi connectivity index (χ2n) is 7.75. The van der Waals surface area contributed by atoms with Crippen molar-refractivity contribution >= 4 is 0 Å². The lowest BCUT2D eigenvalue weighted by Gasteiger charge is -2.41. The lowest BCUT2D eigenvalue weighted by molar-refractivity contribution is 0.0898. The van der Waals surface area contributed by atoms with Crippen molar-refractivity contribution in [1.29, 1.82) is 0 Å². The Morgan fingerprint density at radius 1 is 1.15 bits per heavy atom. The zero-order valence-electron chi connectivity index (χ0n) is 14.7. The molecule has 2 unspecified atom stereocenters. The molecule has 20 heavy (non-hydrogen) atoms. The maximum atomic E-state index is 6.24. The van der Waals surface area contributed by atoms with Crippen LogP contribution in [0.3, 0.4) is 0 Å². The molecule has 0 spiro atoms. The minimum Gasteiger partial charge on any atom is -0.329 e. The lowest BCUT2D eigenvalue weighted by atomic mass is 9.92. The maximum absolute atomic E-state index is 6.24. The topological polar surface area (TPSA) is 32.5 Å². The van der Waals surface area contributed by atoms with Crippen molar-refractivity contribution in [3.63, 3.8) is 0 Å². The van der Waals surface area contributed by atoms with Crippen LogP contribution in [0.2, 0.25) is 0 Å². The van der Waals surface area contributed by atoms with Gasteiger partial charge < -0.3 is 10.6 Å². The third-order valence-electron chi connectivity index (χ3n) is 4.98. The molecule has 0 aromatic rings. The molecule has 1 saturated heterocycles. The molecule has 1 heterocycles. The van der Waals surface area contributed by atoms with Gasteiger partial charge in [-0.3, -0.25) is 4.90 Å². The summed E-state index contributed by atoms with van der Waals surface area (Å²) in [5.41, 5.74) is 6.44. The van der Waals surface area contributed by atoms with E-state index in [1.54, 1.807) is 0 Å². The largest absolute Gasteiger partial charge is 0.329 e. The van der Waals surface area contributed by atoms with Crippen molar-refractivity contribution in [3.05, 3.63) is 0 Å². The highest BCUT2D eigenvalue weighted by molar-refractivity contribution is 5.02. The highest BCUT2D eigenvalue weighted by atomic mass is 15.3. The number of likely N-dealkylation sites (N-methyl/N-ethyl adjacent to an activating group) is 1. The molecule has 0 aromatic heterocycles. The van der Waals surface area contributed by atoms with E-state index in [9.17, 15) is 0 Å². The molecule has 2 N–H and O–H groups in total. The van der Waals surface area contributed by atoms with Crippen LogP contribution in [0.5, 0.6) is 0 Å². The summed E-state index contributed by atoms with van der Waals surface area (Å²) >= 11 is 0. The molecule has 0 aromatic carbocycles. The maximum Gasteiger partial charge on any atom is 0.0473 e.